The van der Waals surface area contributed by atoms with Crippen LogP contribution in [0.4, 0.5) is 0 Å². The lowest BCUT2D eigenvalue weighted by Gasteiger charge is -2.21. The average Bonchev–Trinajstić information content (AvgIpc) is 2.51. The first-order valence-corrected chi connectivity index (χ1v) is 7.70. The van der Waals surface area contributed by atoms with Crippen LogP contribution in [0.1, 0.15) is 60.7 Å². The zero-order valence-electron chi connectivity index (χ0n) is 13.2. The number of amides is 1. The number of esters is 1. The minimum absolute atomic E-state index is 0.0242. The quantitative estimate of drug-likeness (QED) is 0.688. The number of hydrogen-bond acceptors (Lipinski definition) is 3. The highest BCUT2D eigenvalue weighted by atomic mass is 16.5. The number of rotatable bonds is 8. The Balaban J connectivity index is 2.87. The summed E-state index contributed by atoms with van der Waals surface area (Å²) >= 11 is 0. The fourth-order valence-corrected chi connectivity index (χ4v) is 2.09. The second kappa shape index (κ2) is 9.16. The maximum atomic E-state index is 12.5. The summed E-state index contributed by atoms with van der Waals surface area (Å²) < 4.78 is 5.10. The van der Waals surface area contributed by atoms with E-state index in [2.05, 4.69) is 13.8 Å². The molecule has 0 aromatic heterocycles. The van der Waals surface area contributed by atoms with E-state index in [1.54, 1.807) is 24.3 Å². The number of hydrogen-bond donors (Lipinski definition) is 0. The van der Waals surface area contributed by atoms with Gasteiger partial charge in [-0.2, -0.15) is 0 Å². The molecule has 1 aromatic rings. The summed E-state index contributed by atoms with van der Waals surface area (Å²) in [5.74, 6) is -0.395. The fraction of sp³-hybridized carbons (Fsp3) is 0.529. The Hall–Kier alpha value is -1.84. The highest BCUT2D eigenvalue weighted by Gasteiger charge is 2.16. The fourth-order valence-electron chi connectivity index (χ4n) is 2.09. The lowest BCUT2D eigenvalue weighted by Crippen LogP contribution is -2.32. The van der Waals surface area contributed by atoms with E-state index in [4.69, 9.17) is 4.74 Å². The molecule has 21 heavy (non-hydrogen) atoms. The van der Waals surface area contributed by atoms with E-state index < -0.39 is 0 Å². The van der Waals surface area contributed by atoms with E-state index >= 15 is 0 Å². The molecule has 116 valence electrons. The van der Waals surface area contributed by atoms with Crippen molar-refractivity contribution in [3.8, 4) is 0 Å². The molecular weight excluding hydrogens is 266 g/mol. The summed E-state index contributed by atoms with van der Waals surface area (Å²) in [7, 11) is 0. The molecule has 0 radical (unpaired) electrons. The van der Waals surface area contributed by atoms with Crippen molar-refractivity contribution >= 4 is 11.9 Å². The summed E-state index contributed by atoms with van der Waals surface area (Å²) in [5, 5.41) is 0. The maximum absolute atomic E-state index is 12.5. The van der Waals surface area contributed by atoms with Crippen molar-refractivity contribution in [1.82, 2.24) is 4.90 Å². The van der Waals surface area contributed by atoms with Gasteiger partial charge in [0.2, 0.25) is 0 Å². The third-order valence-electron chi connectivity index (χ3n) is 3.06. The van der Waals surface area contributed by atoms with E-state index in [1.165, 1.54) is 0 Å². The van der Waals surface area contributed by atoms with Crippen LogP contribution in [0, 0.1) is 0 Å². The number of benzene rings is 1. The molecule has 0 spiro atoms. The zero-order chi connectivity index (χ0) is 15.7. The molecule has 0 atom stereocenters. The lowest BCUT2D eigenvalue weighted by atomic mass is 10.1. The van der Waals surface area contributed by atoms with Crippen molar-refractivity contribution in [2.75, 3.05) is 19.7 Å². The molecule has 1 amide bonds. The smallest absolute Gasteiger partial charge is 0.338 e. The minimum atomic E-state index is -0.371. The summed E-state index contributed by atoms with van der Waals surface area (Å²) in [6, 6.07) is 6.78. The molecule has 0 saturated carbocycles. The monoisotopic (exact) mass is 291 g/mol. The molecule has 0 bridgehead atoms. The standard InChI is InChI=1S/C17H25NO3/c1-4-10-18(11-5-2)16(19)14-8-7-9-15(13-14)17(20)21-12-6-3/h7-9,13H,4-6,10-12H2,1-3H3. The Morgan fingerprint density at radius 3 is 2.19 bits per heavy atom. The first-order valence-electron chi connectivity index (χ1n) is 7.70. The number of carbonyl (C=O) groups excluding carboxylic acids is 2. The van der Waals surface area contributed by atoms with Crippen LogP contribution in [0.5, 0.6) is 0 Å². The van der Waals surface area contributed by atoms with Crippen LogP contribution in [-0.2, 0) is 4.74 Å². The van der Waals surface area contributed by atoms with Crippen LogP contribution in [-0.4, -0.2) is 36.5 Å². The maximum Gasteiger partial charge on any atom is 0.338 e. The van der Waals surface area contributed by atoms with E-state index in [0.717, 1.165) is 32.4 Å². The van der Waals surface area contributed by atoms with E-state index in [-0.39, 0.29) is 11.9 Å². The van der Waals surface area contributed by atoms with E-state index in [0.29, 0.717) is 17.7 Å². The molecule has 0 N–H and O–H groups in total. The lowest BCUT2D eigenvalue weighted by molar-refractivity contribution is 0.0505. The van der Waals surface area contributed by atoms with Crippen LogP contribution < -0.4 is 0 Å². The SMILES string of the molecule is CCCOC(=O)c1cccc(C(=O)N(CCC)CCC)c1. The Kier molecular flexibility index (Phi) is 7.51. The van der Waals surface area contributed by atoms with Gasteiger partial charge in [-0.15, -0.1) is 0 Å². The van der Waals surface area contributed by atoms with E-state index in [1.807, 2.05) is 11.8 Å². The molecule has 0 saturated heterocycles. The van der Waals surface area contributed by atoms with Gasteiger partial charge in [0.1, 0.15) is 0 Å². The second-order valence-corrected chi connectivity index (χ2v) is 5.01. The Morgan fingerprint density at radius 2 is 1.62 bits per heavy atom. The molecule has 0 heterocycles. The van der Waals surface area contributed by atoms with Crippen molar-refractivity contribution < 1.29 is 14.3 Å². The van der Waals surface area contributed by atoms with Crippen LogP contribution in [0.3, 0.4) is 0 Å². The first-order chi connectivity index (χ1) is 10.1. The van der Waals surface area contributed by atoms with Crippen molar-refractivity contribution in [2.45, 2.75) is 40.0 Å². The largest absolute Gasteiger partial charge is 0.462 e. The molecule has 0 fully saturated rings. The topological polar surface area (TPSA) is 46.6 Å². The molecule has 1 aromatic carbocycles. The molecule has 0 unspecified atom stereocenters. The van der Waals surface area contributed by atoms with Gasteiger partial charge >= 0.3 is 5.97 Å². The van der Waals surface area contributed by atoms with Crippen molar-refractivity contribution in [3.63, 3.8) is 0 Å². The van der Waals surface area contributed by atoms with Gasteiger partial charge < -0.3 is 9.64 Å². The van der Waals surface area contributed by atoms with Crippen LogP contribution >= 0.6 is 0 Å². The van der Waals surface area contributed by atoms with Gasteiger partial charge in [0.25, 0.3) is 5.91 Å². The Morgan fingerprint density at radius 1 is 1.00 bits per heavy atom. The molecule has 4 heteroatoms. The van der Waals surface area contributed by atoms with Gasteiger partial charge in [-0.3, -0.25) is 4.79 Å². The molecule has 1 rings (SSSR count). The van der Waals surface area contributed by atoms with Gasteiger partial charge in [0, 0.05) is 18.7 Å². The van der Waals surface area contributed by atoms with Crippen molar-refractivity contribution in [2.24, 2.45) is 0 Å². The predicted molar refractivity (Wildman–Crippen MR) is 83.5 cm³/mol. The third-order valence-corrected chi connectivity index (χ3v) is 3.06. The molecular formula is C17H25NO3. The van der Waals surface area contributed by atoms with Gasteiger partial charge in [-0.25, -0.2) is 4.79 Å². The highest BCUT2D eigenvalue weighted by molar-refractivity contribution is 5.97. The highest BCUT2D eigenvalue weighted by Crippen LogP contribution is 2.11. The van der Waals surface area contributed by atoms with E-state index in [9.17, 15) is 9.59 Å². The summed E-state index contributed by atoms with van der Waals surface area (Å²) in [4.78, 5) is 26.2. The normalized spacial score (nSPS) is 10.2. The Labute approximate surface area is 127 Å². The summed E-state index contributed by atoms with van der Waals surface area (Å²) in [5.41, 5.74) is 0.977. The first kappa shape index (κ1) is 17.2. The Bertz CT molecular complexity index is 465. The molecule has 0 aliphatic heterocycles. The zero-order valence-corrected chi connectivity index (χ0v) is 13.2. The van der Waals surface area contributed by atoms with Gasteiger partial charge in [-0.05, 0) is 37.5 Å². The van der Waals surface area contributed by atoms with Crippen LogP contribution in [0.25, 0.3) is 0 Å². The second-order valence-electron chi connectivity index (χ2n) is 5.01. The van der Waals surface area contributed by atoms with Crippen molar-refractivity contribution in [1.29, 1.82) is 0 Å². The molecule has 4 nitrogen and oxygen atoms in total. The van der Waals surface area contributed by atoms with Gasteiger partial charge in [0.15, 0.2) is 0 Å². The van der Waals surface area contributed by atoms with Gasteiger partial charge in [-0.1, -0.05) is 26.8 Å². The van der Waals surface area contributed by atoms with Gasteiger partial charge in [0.05, 0.1) is 12.2 Å². The summed E-state index contributed by atoms with van der Waals surface area (Å²) in [6.07, 6.45) is 2.62. The number of carbonyl (C=O) groups is 2. The average molecular weight is 291 g/mol. The minimum Gasteiger partial charge on any atom is -0.462 e. The molecule has 0 aliphatic rings. The van der Waals surface area contributed by atoms with Crippen LogP contribution in [0.15, 0.2) is 24.3 Å². The third kappa shape index (κ3) is 5.21. The number of ether oxygens (including phenoxy) is 1. The molecule has 0 aliphatic carbocycles. The predicted octanol–water partition coefficient (Wildman–Crippen LogP) is 3.52. The van der Waals surface area contributed by atoms with Crippen LogP contribution in [0.2, 0.25) is 0 Å². The number of nitrogens with zero attached hydrogens (tertiary/aromatic N) is 1. The summed E-state index contributed by atoms with van der Waals surface area (Å²) in [6.45, 7) is 7.91. The van der Waals surface area contributed by atoms with Crippen molar-refractivity contribution in [3.05, 3.63) is 35.4 Å².